The van der Waals surface area contributed by atoms with Crippen LogP contribution in [-0.2, 0) is 14.9 Å². The van der Waals surface area contributed by atoms with Crippen molar-refractivity contribution in [2.24, 2.45) is 46.3 Å². The Bertz CT molecular complexity index is 1050. The highest BCUT2D eigenvalue weighted by atomic mass is 32.2. The Labute approximate surface area is 254 Å². The molecule has 244 valence electrons. The van der Waals surface area contributed by atoms with Crippen LogP contribution in [0.25, 0.3) is 0 Å². The van der Waals surface area contributed by atoms with Gasteiger partial charge in [-0.25, -0.2) is 0 Å². The van der Waals surface area contributed by atoms with Gasteiger partial charge in [0.25, 0.3) is 10.1 Å². The van der Waals surface area contributed by atoms with E-state index < -0.39 is 16.2 Å². The van der Waals surface area contributed by atoms with Gasteiger partial charge in [0, 0.05) is 25.8 Å². The molecule has 4 unspecified atom stereocenters. The average molecular weight is 616 g/mol. The van der Waals surface area contributed by atoms with Crippen LogP contribution in [0, 0.1) is 46.3 Å². The number of rotatable bonds is 12. The first-order valence-electron chi connectivity index (χ1n) is 16.6. The minimum Gasteiger partial charge on any atom is -0.393 e. The van der Waals surface area contributed by atoms with Crippen molar-refractivity contribution in [3.63, 3.8) is 0 Å². The van der Waals surface area contributed by atoms with Gasteiger partial charge in [0.2, 0.25) is 5.91 Å². The van der Waals surface area contributed by atoms with Gasteiger partial charge in [-0.3, -0.25) is 9.35 Å². The Morgan fingerprint density at radius 1 is 1.00 bits per heavy atom. The van der Waals surface area contributed by atoms with Crippen molar-refractivity contribution in [2.45, 2.75) is 110 Å². The molecule has 11 atom stereocenters. The van der Waals surface area contributed by atoms with Crippen LogP contribution in [-0.4, -0.2) is 96.5 Å². The van der Waals surface area contributed by atoms with Crippen LogP contribution in [0.4, 0.5) is 0 Å². The van der Waals surface area contributed by atoms with Crippen LogP contribution in [0.3, 0.4) is 0 Å². The molecule has 4 fully saturated rings. The first kappa shape index (κ1) is 34.1. The van der Waals surface area contributed by atoms with Crippen molar-refractivity contribution in [3.8, 4) is 0 Å². The molecule has 0 aliphatic heterocycles. The zero-order valence-electron chi connectivity index (χ0n) is 26.7. The van der Waals surface area contributed by atoms with Crippen molar-refractivity contribution in [3.05, 3.63) is 0 Å². The molecule has 1 amide bonds. The third kappa shape index (κ3) is 7.20. The SMILES string of the molecule is C[C@H](CCC(=O)NCCC[N+](C)(C)CCCS(=O)(=O)O)[C@H]1CCC2C3C(C[C@H](O)[C@@]21C)[C@@]1(C)CC[C@@H](O)CC1C[C@H]3O. The smallest absolute Gasteiger partial charge is 0.265 e. The van der Waals surface area contributed by atoms with Crippen molar-refractivity contribution < 1.29 is 37.6 Å². The minimum absolute atomic E-state index is 0.0450. The van der Waals surface area contributed by atoms with Gasteiger partial charge in [-0.1, -0.05) is 20.8 Å². The number of nitrogens with zero attached hydrogens (tertiary/aromatic N) is 1. The topological polar surface area (TPSA) is 144 Å². The summed E-state index contributed by atoms with van der Waals surface area (Å²) in [4.78, 5) is 12.7. The molecule has 4 saturated carbocycles. The summed E-state index contributed by atoms with van der Waals surface area (Å²) >= 11 is 0. The fourth-order valence-electron chi connectivity index (χ4n) is 10.3. The molecule has 5 N–H and O–H groups in total. The Morgan fingerprint density at radius 2 is 1.69 bits per heavy atom. The highest BCUT2D eigenvalue weighted by molar-refractivity contribution is 7.85. The average Bonchev–Trinajstić information content (AvgIpc) is 3.24. The number of nitrogens with one attached hydrogen (secondary N) is 1. The number of aliphatic hydroxyl groups excluding tert-OH is 3. The first-order valence-corrected chi connectivity index (χ1v) is 18.2. The summed E-state index contributed by atoms with van der Waals surface area (Å²) in [7, 11) is 0.114. The summed E-state index contributed by atoms with van der Waals surface area (Å²) in [6.07, 6.45) is 7.47. The molecule has 4 aliphatic rings. The highest BCUT2D eigenvalue weighted by Gasteiger charge is 2.65. The van der Waals surface area contributed by atoms with Crippen LogP contribution < -0.4 is 5.32 Å². The Balaban J connectivity index is 1.27. The highest BCUT2D eigenvalue weighted by Crippen LogP contribution is 2.68. The van der Waals surface area contributed by atoms with Gasteiger partial charge in [-0.15, -0.1) is 0 Å². The van der Waals surface area contributed by atoms with E-state index in [1.54, 1.807) is 0 Å². The molecule has 0 spiro atoms. The summed E-state index contributed by atoms with van der Waals surface area (Å²) in [5, 5.41) is 36.6. The molecule has 4 aliphatic carbocycles. The molecule has 0 aromatic heterocycles. The normalized spacial score (nSPS) is 41.0. The quantitative estimate of drug-likeness (QED) is 0.129. The number of amides is 1. The van der Waals surface area contributed by atoms with Gasteiger partial charge >= 0.3 is 0 Å². The van der Waals surface area contributed by atoms with E-state index in [9.17, 15) is 28.5 Å². The van der Waals surface area contributed by atoms with E-state index in [1.165, 1.54) is 0 Å². The predicted octanol–water partition coefficient (Wildman–Crippen LogP) is 3.22. The molecule has 0 saturated heterocycles. The van der Waals surface area contributed by atoms with E-state index in [0.717, 1.165) is 64.3 Å². The maximum atomic E-state index is 12.7. The van der Waals surface area contributed by atoms with Gasteiger partial charge in [-0.05, 0) is 97.7 Å². The van der Waals surface area contributed by atoms with Crippen molar-refractivity contribution in [1.29, 1.82) is 0 Å². The van der Waals surface area contributed by atoms with Crippen molar-refractivity contribution in [2.75, 3.05) is 39.5 Å². The Morgan fingerprint density at radius 3 is 2.38 bits per heavy atom. The van der Waals surface area contributed by atoms with E-state index in [1.807, 2.05) is 14.1 Å². The molecule has 9 nitrogen and oxygen atoms in total. The standard InChI is InChI=1S/C32H58N2O7S/c1-21(8-11-29(38)33-14-6-15-34(4,5)16-7-17-42(39,40)41)24-9-10-25-30-26(20-28(37)32(24,25)3)31(2)13-12-23(35)18-22(31)19-27(30)36/h21-28,30,35-37H,6-20H2,1-5H3,(H-,33,38,39,40,41)/p+1/t21-,22?,23-,24-,25?,26?,27-,28+,30?,31+,32-/m1/s1. The fourth-order valence-corrected chi connectivity index (χ4v) is 10.8. The summed E-state index contributed by atoms with van der Waals surface area (Å²) in [6, 6.07) is 0. The Hall–Kier alpha value is -0.780. The van der Waals surface area contributed by atoms with Gasteiger partial charge in [0.15, 0.2) is 0 Å². The lowest BCUT2D eigenvalue weighted by Crippen LogP contribution is -2.62. The van der Waals surface area contributed by atoms with Gasteiger partial charge in [-0.2, -0.15) is 8.42 Å². The predicted molar refractivity (Wildman–Crippen MR) is 163 cm³/mol. The molecule has 0 heterocycles. The maximum Gasteiger partial charge on any atom is 0.265 e. The van der Waals surface area contributed by atoms with Gasteiger partial charge < -0.3 is 25.1 Å². The number of hydrogen-bond acceptors (Lipinski definition) is 6. The molecule has 4 rings (SSSR count). The minimum atomic E-state index is -3.93. The van der Waals surface area contributed by atoms with Crippen LogP contribution in [0.2, 0.25) is 0 Å². The van der Waals surface area contributed by atoms with Crippen LogP contribution in [0.5, 0.6) is 0 Å². The third-order valence-electron chi connectivity index (χ3n) is 12.8. The number of carbonyl (C=O) groups excluding carboxylic acids is 1. The maximum absolute atomic E-state index is 12.7. The van der Waals surface area contributed by atoms with E-state index in [-0.39, 0.29) is 52.5 Å². The van der Waals surface area contributed by atoms with Crippen molar-refractivity contribution in [1.82, 2.24) is 5.32 Å². The number of carbonyl (C=O) groups is 1. The summed E-state index contributed by atoms with van der Waals surface area (Å²) in [5.74, 6) is 1.52. The molecule has 10 heteroatoms. The molecule has 0 aromatic rings. The molecular formula is C32H59N2O7S+. The second-order valence-electron chi connectivity index (χ2n) is 15.8. The van der Waals surface area contributed by atoms with Gasteiger partial charge in [0.05, 0.1) is 51.2 Å². The van der Waals surface area contributed by atoms with E-state index >= 15 is 0 Å². The number of hydrogen-bond donors (Lipinski definition) is 5. The van der Waals surface area contributed by atoms with Crippen LogP contribution in [0.1, 0.15) is 91.4 Å². The lowest BCUT2D eigenvalue weighted by Gasteiger charge is -2.63. The fraction of sp³-hybridized carbons (Fsp3) is 0.969. The first-order chi connectivity index (χ1) is 19.5. The molecule has 0 radical (unpaired) electrons. The number of fused-ring (bicyclic) bond motifs is 5. The Kier molecular flexibility index (Phi) is 10.5. The van der Waals surface area contributed by atoms with E-state index in [4.69, 9.17) is 4.55 Å². The van der Waals surface area contributed by atoms with Gasteiger partial charge in [0.1, 0.15) is 0 Å². The molecular weight excluding hydrogens is 556 g/mol. The molecule has 42 heavy (non-hydrogen) atoms. The largest absolute Gasteiger partial charge is 0.393 e. The number of aliphatic hydroxyl groups is 3. The second kappa shape index (κ2) is 12.9. The summed E-state index contributed by atoms with van der Waals surface area (Å²) < 4.78 is 31.5. The van der Waals surface area contributed by atoms with Crippen LogP contribution >= 0.6 is 0 Å². The van der Waals surface area contributed by atoms with E-state index in [0.29, 0.717) is 48.2 Å². The zero-order valence-corrected chi connectivity index (χ0v) is 27.5. The summed E-state index contributed by atoms with van der Waals surface area (Å²) in [6.45, 7) is 8.87. The van der Waals surface area contributed by atoms with Crippen molar-refractivity contribution >= 4 is 16.0 Å². The second-order valence-corrected chi connectivity index (χ2v) is 17.3. The molecule has 0 aromatic carbocycles. The lowest BCUT2D eigenvalue weighted by molar-refractivity contribution is -0.890. The zero-order chi connectivity index (χ0) is 31.1. The van der Waals surface area contributed by atoms with E-state index in [2.05, 4.69) is 26.1 Å². The number of quaternary nitrogens is 1. The lowest BCUT2D eigenvalue weighted by atomic mass is 9.43. The summed E-state index contributed by atoms with van der Waals surface area (Å²) in [5.41, 5.74) is -0.185. The molecule has 0 bridgehead atoms. The monoisotopic (exact) mass is 615 g/mol. The third-order valence-corrected chi connectivity index (χ3v) is 13.6. The van der Waals surface area contributed by atoms with Crippen LogP contribution in [0.15, 0.2) is 0 Å².